The van der Waals surface area contributed by atoms with Gasteiger partial charge in [-0.1, -0.05) is 0 Å². The molecule has 1 saturated heterocycles. The van der Waals surface area contributed by atoms with E-state index in [1.807, 2.05) is 0 Å². The molecule has 1 N–H and O–H groups in total. The summed E-state index contributed by atoms with van der Waals surface area (Å²) in [6.45, 7) is 0.834. The van der Waals surface area contributed by atoms with Gasteiger partial charge in [-0.25, -0.2) is 15.0 Å². The molecule has 2 aromatic rings. The molecule has 1 aliphatic heterocycles. The molecule has 0 aromatic carbocycles. The second-order valence-corrected chi connectivity index (χ2v) is 6.06. The predicted molar refractivity (Wildman–Crippen MR) is 79.4 cm³/mol. The molecule has 114 valence electrons. The highest BCUT2D eigenvalue weighted by atomic mass is 32.1. The molecule has 1 amide bonds. The average molecular weight is 318 g/mol. The average Bonchev–Trinajstić information content (AvgIpc) is 3.05. The van der Waals surface area contributed by atoms with Gasteiger partial charge in [-0.15, -0.1) is 11.3 Å². The van der Waals surface area contributed by atoms with Gasteiger partial charge in [-0.3, -0.25) is 9.59 Å². The number of likely N-dealkylation sites (tertiary alicyclic amines) is 1. The number of carbonyl (C=O) groups is 2. The lowest BCUT2D eigenvalue weighted by atomic mass is 9.98. The van der Waals surface area contributed by atoms with Gasteiger partial charge in [0, 0.05) is 25.5 Å². The Kier molecular flexibility index (Phi) is 4.10. The summed E-state index contributed by atoms with van der Waals surface area (Å²) in [7, 11) is 0. The Hall–Kier alpha value is -2.35. The van der Waals surface area contributed by atoms with Crippen molar-refractivity contribution in [3.8, 4) is 10.8 Å². The Bertz CT molecular complexity index is 688. The van der Waals surface area contributed by atoms with Crippen molar-refractivity contribution in [1.29, 1.82) is 0 Å². The number of nitrogens with zero attached hydrogens (tertiary/aromatic N) is 4. The van der Waals surface area contributed by atoms with Crippen LogP contribution in [0.15, 0.2) is 24.7 Å². The van der Waals surface area contributed by atoms with E-state index in [0.29, 0.717) is 35.1 Å². The van der Waals surface area contributed by atoms with Crippen molar-refractivity contribution in [1.82, 2.24) is 19.9 Å². The minimum Gasteiger partial charge on any atom is -0.481 e. The zero-order chi connectivity index (χ0) is 15.5. The summed E-state index contributed by atoms with van der Waals surface area (Å²) in [5.74, 6) is -1.03. The standard InChI is InChI=1S/C14H14N4O3S/c19-13(18-6-1-3-9(8-18)14(20)21)10-7-17-12(22-10)11-15-4-2-5-16-11/h2,4-5,7,9H,1,3,6,8H2,(H,20,21). The Morgan fingerprint density at radius 3 is 2.77 bits per heavy atom. The van der Waals surface area contributed by atoms with Crippen LogP contribution in [0, 0.1) is 5.92 Å². The second-order valence-electron chi connectivity index (χ2n) is 5.03. The van der Waals surface area contributed by atoms with Crippen LogP contribution in [-0.2, 0) is 4.79 Å². The molecule has 1 aliphatic rings. The van der Waals surface area contributed by atoms with Gasteiger partial charge in [0.1, 0.15) is 4.88 Å². The van der Waals surface area contributed by atoms with Crippen LogP contribution in [0.1, 0.15) is 22.5 Å². The van der Waals surface area contributed by atoms with Gasteiger partial charge < -0.3 is 10.0 Å². The van der Waals surface area contributed by atoms with Crippen molar-refractivity contribution in [3.05, 3.63) is 29.5 Å². The fraction of sp³-hybridized carbons (Fsp3) is 0.357. The van der Waals surface area contributed by atoms with E-state index in [1.165, 1.54) is 17.5 Å². The van der Waals surface area contributed by atoms with Gasteiger partial charge in [0.15, 0.2) is 10.8 Å². The molecule has 0 radical (unpaired) electrons. The molecule has 0 bridgehead atoms. The first-order chi connectivity index (χ1) is 10.6. The predicted octanol–water partition coefficient (Wildman–Crippen LogP) is 1.54. The number of carboxylic acid groups (broad SMARTS) is 1. The maximum absolute atomic E-state index is 12.5. The summed E-state index contributed by atoms with van der Waals surface area (Å²) in [6, 6.07) is 1.71. The van der Waals surface area contributed by atoms with Crippen LogP contribution in [0.3, 0.4) is 0 Å². The fourth-order valence-corrected chi connectivity index (χ4v) is 3.24. The third-order valence-corrected chi connectivity index (χ3v) is 4.51. The molecule has 1 unspecified atom stereocenters. The lowest BCUT2D eigenvalue weighted by Gasteiger charge is -2.30. The first kappa shape index (κ1) is 14.6. The number of rotatable bonds is 3. The van der Waals surface area contributed by atoms with Crippen LogP contribution in [0.5, 0.6) is 0 Å². The van der Waals surface area contributed by atoms with Gasteiger partial charge in [0.05, 0.1) is 12.1 Å². The van der Waals surface area contributed by atoms with E-state index in [9.17, 15) is 9.59 Å². The molecule has 22 heavy (non-hydrogen) atoms. The first-order valence-corrected chi connectivity index (χ1v) is 7.72. The highest BCUT2D eigenvalue weighted by Crippen LogP contribution is 2.25. The van der Waals surface area contributed by atoms with Crippen LogP contribution in [0.25, 0.3) is 10.8 Å². The number of aromatic nitrogens is 3. The number of thiazole rings is 1. The zero-order valence-electron chi connectivity index (χ0n) is 11.7. The zero-order valence-corrected chi connectivity index (χ0v) is 12.5. The highest BCUT2D eigenvalue weighted by Gasteiger charge is 2.29. The third-order valence-electron chi connectivity index (χ3n) is 3.53. The van der Waals surface area contributed by atoms with Crippen molar-refractivity contribution in [2.75, 3.05) is 13.1 Å². The van der Waals surface area contributed by atoms with E-state index < -0.39 is 11.9 Å². The SMILES string of the molecule is O=C(O)C1CCCN(C(=O)c2cnc(-c3ncccn3)s2)C1. The minimum atomic E-state index is -0.847. The van der Waals surface area contributed by atoms with Gasteiger partial charge in [-0.05, 0) is 18.9 Å². The molecule has 0 spiro atoms. The lowest BCUT2D eigenvalue weighted by molar-refractivity contribution is -0.143. The molecular weight excluding hydrogens is 304 g/mol. The number of aliphatic carboxylic acids is 1. The van der Waals surface area contributed by atoms with Gasteiger partial charge in [0.25, 0.3) is 5.91 Å². The van der Waals surface area contributed by atoms with Crippen molar-refractivity contribution < 1.29 is 14.7 Å². The normalized spacial score (nSPS) is 18.2. The van der Waals surface area contributed by atoms with E-state index in [2.05, 4.69) is 15.0 Å². The van der Waals surface area contributed by atoms with Crippen LogP contribution >= 0.6 is 11.3 Å². The number of carboxylic acids is 1. The van der Waals surface area contributed by atoms with Crippen molar-refractivity contribution in [2.24, 2.45) is 5.92 Å². The second kappa shape index (κ2) is 6.18. The number of carbonyl (C=O) groups excluding carboxylic acids is 1. The Balaban J connectivity index is 1.76. The van der Waals surface area contributed by atoms with Gasteiger partial charge >= 0.3 is 5.97 Å². The van der Waals surface area contributed by atoms with E-state index >= 15 is 0 Å². The Labute approximate surface area is 130 Å². The molecule has 1 atom stereocenters. The molecular formula is C14H14N4O3S. The Morgan fingerprint density at radius 2 is 2.05 bits per heavy atom. The van der Waals surface area contributed by atoms with Gasteiger partial charge in [-0.2, -0.15) is 0 Å². The molecule has 0 aliphatic carbocycles. The van der Waals surface area contributed by atoms with Crippen molar-refractivity contribution >= 4 is 23.2 Å². The van der Waals surface area contributed by atoms with Crippen LogP contribution in [0.4, 0.5) is 0 Å². The van der Waals surface area contributed by atoms with Crippen LogP contribution in [-0.4, -0.2) is 49.9 Å². The smallest absolute Gasteiger partial charge is 0.308 e. The quantitative estimate of drug-likeness (QED) is 0.922. The van der Waals surface area contributed by atoms with E-state index in [0.717, 1.165) is 0 Å². The molecule has 0 saturated carbocycles. The maximum Gasteiger partial charge on any atom is 0.308 e. The third kappa shape index (κ3) is 2.96. The summed E-state index contributed by atoms with van der Waals surface area (Å²) in [6.07, 6.45) is 6.06. The largest absolute Gasteiger partial charge is 0.481 e. The molecule has 3 heterocycles. The number of piperidine rings is 1. The van der Waals surface area contributed by atoms with Gasteiger partial charge in [0.2, 0.25) is 0 Å². The summed E-state index contributed by atoms with van der Waals surface area (Å²) >= 11 is 1.22. The first-order valence-electron chi connectivity index (χ1n) is 6.90. The molecule has 7 nitrogen and oxygen atoms in total. The summed E-state index contributed by atoms with van der Waals surface area (Å²) in [5, 5.41) is 9.68. The lowest BCUT2D eigenvalue weighted by Crippen LogP contribution is -2.42. The number of amides is 1. The van der Waals surface area contributed by atoms with Crippen LogP contribution in [0.2, 0.25) is 0 Å². The van der Waals surface area contributed by atoms with Crippen molar-refractivity contribution in [3.63, 3.8) is 0 Å². The molecule has 2 aromatic heterocycles. The van der Waals surface area contributed by atoms with E-state index in [4.69, 9.17) is 5.11 Å². The van der Waals surface area contributed by atoms with Crippen LogP contribution < -0.4 is 0 Å². The van der Waals surface area contributed by atoms with Crippen molar-refractivity contribution in [2.45, 2.75) is 12.8 Å². The monoisotopic (exact) mass is 318 g/mol. The van der Waals surface area contributed by atoms with E-state index in [1.54, 1.807) is 23.4 Å². The number of hydrogen-bond donors (Lipinski definition) is 1. The topological polar surface area (TPSA) is 96.3 Å². The highest BCUT2D eigenvalue weighted by molar-refractivity contribution is 7.16. The summed E-state index contributed by atoms with van der Waals surface area (Å²) < 4.78 is 0. The Morgan fingerprint density at radius 1 is 1.27 bits per heavy atom. The minimum absolute atomic E-state index is 0.175. The number of hydrogen-bond acceptors (Lipinski definition) is 6. The fourth-order valence-electron chi connectivity index (χ4n) is 2.40. The summed E-state index contributed by atoms with van der Waals surface area (Å²) in [4.78, 5) is 38.0. The van der Waals surface area contributed by atoms with E-state index in [-0.39, 0.29) is 12.5 Å². The molecule has 3 rings (SSSR count). The summed E-state index contributed by atoms with van der Waals surface area (Å²) in [5.41, 5.74) is 0. The molecule has 8 heteroatoms. The maximum atomic E-state index is 12.5. The molecule has 1 fully saturated rings.